The Labute approximate surface area is 175 Å². The van der Waals surface area contributed by atoms with Crippen molar-refractivity contribution in [1.29, 1.82) is 0 Å². The van der Waals surface area contributed by atoms with Crippen molar-refractivity contribution in [1.82, 2.24) is 24.7 Å². The molecule has 0 amide bonds. The molecule has 1 aromatic carbocycles. The topological polar surface area (TPSA) is 56.5 Å². The molecule has 3 aromatic rings. The summed E-state index contributed by atoms with van der Waals surface area (Å²) >= 11 is 3.29. The molecule has 2 aromatic heterocycles. The lowest BCUT2D eigenvalue weighted by atomic mass is 10.1. The summed E-state index contributed by atoms with van der Waals surface area (Å²) in [4.78, 5) is 8.98. The van der Waals surface area contributed by atoms with Gasteiger partial charge in [-0.25, -0.2) is 9.97 Å². The molecule has 7 heteroatoms. The van der Waals surface area contributed by atoms with Crippen LogP contribution in [-0.4, -0.2) is 24.7 Å². The molecular weight excluding hydrogens is 386 g/mol. The number of benzene rings is 1. The van der Waals surface area contributed by atoms with E-state index in [1.807, 2.05) is 26.0 Å². The summed E-state index contributed by atoms with van der Waals surface area (Å²) in [6.07, 6.45) is 1.88. The second-order valence-corrected chi connectivity index (χ2v) is 8.61. The molecule has 28 heavy (non-hydrogen) atoms. The third-order valence-corrected chi connectivity index (χ3v) is 6.22. The van der Waals surface area contributed by atoms with E-state index in [1.165, 1.54) is 16.7 Å². The monoisotopic (exact) mass is 411 g/mol. The molecule has 146 valence electrons. The van der Waals surface area contributed by atoms with Gasteiger partial charge in [0.25, 0.3) is 0 Å². The summed E-state index contributed by atoms with van der Waals surface area (Å²) in [5.41, 5.74) is 5.88. The first-order valence-electron chi connectivity index (χ1n) is 9.13. The Bertz CT molecular complexity index is 961. The van der Waals surface area contributed by atoms with Crippen LogP contribution in [0, 0.1) is 27.7 Å². The average molecular weight is 412 g/mol. The van der Waals surface area contributed by atoms with E-state index < -0.39 is 0 Å². The van der Waals surface area contributed by atoms with E-state index in [-0.39, 0.29) is 0 Å². The van der Waals surface area contributed by atoms with Crippen LogP contribution in [0.3, 0.4) is 0 Å². The number of nitrogens with zero attached hydrogens (tertiary/aromatic N) is 5. The SMILES string of the molecule is C=CCn1c(CSc2nc(C)cc(C)n2)nnc1SCc1ccc(C)c(C)c1. The molecule has 0 N–H and O–H groups in total. The van der Waals surface area contributed by atoms with E-state index in [0.29, 0.717) is 12.3 Å². The van der Waals surface area contributed by atoms with Crippen molar-refractivity contribution < 1.29 is 0 Å². The van der Waals surface area contributed by atoms with Gasteiger partial charge in [-0.3, -0.25) is 0 Å². The summed E-state index contributed by atoms with van der Waals surface area (Å²) in [7, 11) is 0. The Kier molecular flexibility index (Phi) is 6.91. The number of rotatable bonds is 8. The first kappa shape index (κ1) is 20.6. The number of aryl methyl sites for hydroxylation is 4. The van der Waals surface area contributed by atoms with Crippen molar-refractivity contribution in [2.24, 2.45) is 0 Å². The van der Waals surface area contributed by atoms with Gasteiger partial charge in [-0.1, -0.05) is 47.8 Å². The molecular formula is C21H25N5S2. The molecule has 2 heterocycles. The maximum absolute atomic E-state index is 4.49. The maximum Gasteiger partial charge on any atom is 0.191 e. The molecule has 0 atom stereocenters. The van der Waals surface area contributed by atoms with Crippen LogP contribution in [0.5, 0.6) is 0 Å². The third kappa shape index (κ3) is 5.23. The fourth-order valence-electron chi connectivity index (χ4n) is 2.77. The molecule has 3 rings (SSSR count). The summed E-state index contributed by atoms with van der Waals surface area (Å²) < 4.78 is 2.12. The smallest absolute Gasteiger partial charge is 0.191 e. The number of hydrogen-bond acceptors (Lipinski definition) is 6. The molecule has 0 fully saturated rings. The van der Waals surface area contributed by atoms with Gasteiger partial charge < -0.3 is 4.57 Å². The zero-order chi connectivity index (χ0) is 20.1. The van der Waals surface area contributed by atoms with Crippen LogP contribution in [0.2, 0.25) is 0 Å². The van der Waals surface area contributed by atoms with Gasteiger partial charge in [-0.15, -0.1) is 16.8 Å². The highest BCUT2D eigenvalue weighted by atomic mass is 32.2. The summed E-state index contributed by atoms with van der Waals surface area (Å²) in [6, 6.07) is 8.57. The number of allylic oxidation sites excluding steroid dienone is 1. The van der Waals surface area contributed by atoms with Gasteiger partial charge in [-0.2, -0.15) is 0 Å². The van der Waals surface area contributed by atoms with Crippen molar-refractivity contribution in [3.8, 4) is 0 Å². The zero-order valence-corrected chi connectivity index (χ0v) is 18.4. The summed E-state index contributed by atoms with van der Waals surface area (Å²) in [5, 5.41) is 10.5. The van der Waals surface area contributed by atoms with Crippen molar-refractivity contribution in [3.63, 3.8) is 0 Å². The van der Waals surface area contributed by atoms with Crippen LogP contribution in [0.15, 0.2) is 47.2 Å². The lowest BCUT2D eigenvalue weighted by Crippen LogP contribution is -2.03. The highest BCUT2D eigenvalue weighted by Crippen LogP contribution is 2.26. The number of thioether (sulfide) groups is 2. The van der Waals surface area contributed by atoms with Gasteiger partial charge >= 0.3 is 0 Å². The lowest BCUT2D eigenvalue weighted by molar-refractivity contribution is 0.700. The largest absolute Gasteiger partial charge is 0.301 e. The molecule has 0 unspecified atom stereocenters. The minimum absolute atomic E-state index is 0.675. The highest BCUT2D eigenvalue weighted by Gasteiger charge is 2.13. The summed E-state index contributed by atoms with van der Waals surface area (Å²) in [6.45, 7) is 12.8. The normalized spacial score (nSPS) is 11.0. The van der Waals surface area contributed by atoms with E-state index in [1.54, 1.807) is 23.5 Å². The van der Waals surface area contributed by atoms with Gasteiger partial charge in [0.05, 0.1) is 5.75 Å². The predicted molar refractivity (Wildman–Crippen MR) is 117 cm³/mol. The van der Waals surface area contributed by atoms with E-state index in [0.717, 1.165) is 33.3 Å². The van der Waals surface area contributed by atoms with Gasteiger partial charge in [-0.05, 0) is 50.5 Å². The van der Waals surface area contributed by atoms with E-state index in [4.69, 9.17) is 0 Å². The van der Waals surface area contributed by atoms with Crippen LogP contribution in [0.1, 0.15) is 33.9 Å². The number of aromatic nitrogens is 5. The molecule has 5 nitrogen and oxygen atoms in total. The molecule has 0 radical (unpaired) electrons. The molecule has 0 aliphatic rings. The minimum Gasteiger partial charge on any atom is -0.301 e. The fraction of sp³-hybridized carbons (Fsp3) is 0.333. The average Bonchev–Trinajstić information content (AvgIpc) is 3.02. The molecule has 0 spiro atoms. The Morgan fingerprint density at radius 2 is 1.68 bits per heavy atom. The lowest BCUT2D eigenvalue weighted by Gasteiger charge is -2.08. The van der Waals surface area contributed by atoms with E-state index in [9.17, 15) is 0 Å². The molecule has 0 aliphatic carbocycles. The van der Waals surface area contributed by atoms with Gasteiger partial charge in [0, 0.05) is 23.7 Å². The first-order chi connectivity index (χ1) is 13.5. The molecule has 0 bridgehead atoms. The fourth-order valence-corrected chi connectivity index (χ4v) is 4.57. The molecule has 0 saturated heterocycles. The van der Waals surface area contributed by atoms with Gasteiger partial charge in [0.2, 0.25) is 0 Å². The zero-order valence-electron chi connectivity index (χ0n) is 16.8. The quantitative estimate of drug-likeness (QED) is 0.293. The number of hydrogen-bond donors (Lipinski definition) is 0. The summed E-state index contributed by atoms with van der Waals surface area (Å²) in [5.74, 6) is 2.45. The van der Waals surface area contributed by atoms with E-state index in [2.05, 4.69) is 63.4 Å². The van der Waals surface area contributed by atoms with Crippen molar-refractivity contribution >= 4 is 23.5 Å². The Morgan fingerprint density at radius 3 is 2.36 bits per heavy atom. The Morgan fingerprint density at radius 1 is 0.929 bits per heavy atom. The Hall–Kier alpha value is -2.12. The van der Waals surface area contributed by atoms with Crippen molar-refractivity contribution in [2.45, 2.75) is 56.1 Å². The van der Waals surface area contributed by atoms with Gasteiger partial charge in [0.1, 0.15) is 5.82 Å². The Balaban J connectivity index is 1.71. The maximum atomic E-state index is 4.49. The van der Waals surface area contributed by atoms with Crippen LogP contribution >= 0.6 is 23.5 Å². The van der Waals surface area contributed by atoms with Crippen LogP contribution in [-0.2, 0) is 18.1 Å². The standard InChI is InChI=1S/C21H25N5S2/c1-6-9-26-19(13-27-20-22-16(4)11-17(5)23-20)24-25-21(26)28-12-18-8-7-14(2)15(3)10-18/h6-8,10-11H,1,9,12-13H2,2-5H3. The van der Waals surface area contributed by atoms with Crippen molar-refractivity contribution in [3.05, 3.63) is 70.8 Å². The first-order valence-corrected chi connectivity index (χ1v) is 11.1. The second-order valence-electron chi connectivity index (χ2n) is 6.73. The van der Waals surface area contributed by atoms with Crippen LogP contribution < -0.4 is 0 Å². The van der Waals surface area contributed by atoms with Crippen LogP contribution in [0.25, 0.3) is 0 Å². The van der Waals surface area contributed by atoms with E-state index >= 15 is 0 Å². The third-order valence-electron chi connectivity index (χ3n) is 4.34. The van der Waals surface area contributed by atoms with Gasteiger partial charge in [0.15, 0.2) is 10.3 Å². The molecule has 0 aliphatic heterocycles. The highest BCUT2D eigenvalue weighted by molar-refractivity contribution is 7.98. The van der Waals surface area contributed by atoms with Crippen LogP contribution in [0.4, 0.5) is 0 Å². The molecule has 0 saturated carbocycles. The second kappa shape index (κ2) is 9.39. The minimum atomic E-state index is 0.675. The predicted octanol–water partition coefficient (Wildman–Crippen LogP) is 5.07. The van der Waals surface area contributed by atoms with Crippen molar-refractivity contribution in [2.75, 3.05) is 0 Å².